The molecule has 0 aliphatic heterocycles. The predicted octanol–water partition coefficient (Wildman–Crippen LogP) is 3.59. The van der Waals surface area contributed by atoms with Crippen molar-refractivity contribution in [3.63, 3.8) is 0 Å². The van der Waals surface area contributed by atoms with Crippen LogP contribution in [0.4, 0.5) is 0 Å². The van der Waals surface area contributed by atoms with Crippen LogP contribution in [0.25, 0.3) is 0 Å². The third-order valence-corrected chi connectivity index (χ3v) is 4.06. The number of hydrogen-bond acceptors (Lipinski definition) is 2. The first kappa shape index (κ1) is 18.5. The summed E-state index contributed by atoms with van der Waals surface area (Å²) in [5.41, 5.74) is 1.92. The Morgan fingerprint density at radius 2 is 1.91 bits per heavy atom. The maximum Gasteiger partial charge on any atom is 0.261 e. The second-order valence-corrected chi connectivity index (χ2v) is 5.95. The van der Waals surface area contributed by atoms with Gasteiger partial charge >= 0.3 is 0 Å². The van der Waals surface area contributed by atoms with Crippen molar-refractivity contribution in [1.82, 2.24) is 10.3 Å². The third kappa shape index (κ3) is 5.32. The fourth-order valence-corrected chi connectivity index (χ4v) is 2.66. The lowest BCUT2D eigenvalue weighted by Crippen LogP contribution is -2.36. The van der Waals surface area contributed by atoms with E-state index in [4.69, 9.17) is 0 Å². The lowest BCUT2D eigenvalue weighted by atomic mass is 10.1. The first-order valence-corrected chi connectivity index (χ1v) is 8.59. The van der Waals surface area contributed by atoms with E-state index in [9.17, 15) is 9.59 Å². The minimum atomic E-state index is -0.287. The van der Waals surface area contributed by atoms with Crippen molar-refractivity contribution in [2.45, 2.75) is 78.7 Å². The van der Waals surface area contributed by atoms with Crippen LogP contribution in [0.1, 0.15) is 81.4 Å². The molecule has 22 heavy (non-hydrogen) atoms. The van der Waals surface area contributed by atoms with Crippen LogP contribution in [0.2, 0.25) is 0 Å². The first-order chi connectivity index (χ1) is 10.5. The number of carbonyl (C=O) groups excluding carboxylic acids is 1. The quantitative estimate of drug-likeness (QED) is 0.685. The smallest absolute Gasteiger partial charge is 0.261 e. The summed E-state index contributed by atoms with van der Waals surface area (Å²) in [6.07, 6.45) is 7.29. The number of hydrogen-bond donors (Lipinski definition) is 2. The highest BCUT2D eigenvalue weighted by Gasteiger charge is 2.15. The molecule has 1 aromatic rings. The van der Waals surface area contributed by atoms with Gasteiger partial charge in [-0.3, -0.25) is 9.59 Å². The standard InChI is InChI=1S/C18H30N2O2/c1-5-8-9-10-11-13(4)19-17(21)15-12-14(6-2)16(7-3)20-18(15)22/h12-13H,5-11H2,1-4H3,(H,19,21)(H,20,22)/t13-/m0/s1. The molecule has 2 N–H and O–H groups in total. The van der Waals surface area contributed by atoms with Crippen LogP contribution >= 0.6 is 0 Å². The Morgan fingerprint density at radius 1 is 1.18 bits per heavy atom. The summed E-state index contributed by atoms with van der Waals surface area (Å²) in [5.74, 6) is -0.262. The molecule has 0 saturated carbocycles. The molecule has 1 rings (SSSR count). The second kappa shape index (κ2) is 9.44. The molecule has 1 aromatic heterocycles. The first-order valence-electron chi connectivity index (χ1n) is 8.59. The zero-order valence-electron chi connectivity index (χ0n) is 14.4. The molecule has 0 aliphatic carbocycles. The molecule has 4 nitrogen and oxygen atoms in total. The van der Waals surface area contributed by atoms with Crippen molar-refractivity contribution in [3.05, 3.63) is 33.2 Å². The Labute approximate surface area is 133 Å². The zero-order chi connectivity index (χ0) is 16.5. The molecular weight excluding hydrogens is 276 g/mol. The Hall–Kier alpha value is -1.58. The van der Waals surface area contributed by atoms with E-state index in [1.807, 2.05) is 20.8 Å². The van der Waals surface area contributed by atoms with Gasteiger partial charge in [-0.25, -0.2) is 0 Å². The van der Waals surface area contributed by atoms with Crippen LogP contribution in [-0.4, -0.2) is 16.9 Å². The van der Waals surface area contributed by atoms with Gasteiger partial charge in [0.05, 0.1) is 0 Å². The lowest BCUT2D eigenvalue weighted by Gasteiger charge is -2.14. The summed E-state index contributed by atoms with van der Waals surface area (Å²) >= 11 is 0. The highest BCUT2D eigenvalue weighted by Crippen LogP contribution is 2.09. The van der Waals surface area contributed by atoms with Crippen LogP contribution in [0.5, 0.6) is 0 Å². The number of aryl methyl sites for hydroxylation is 2. The van der Waals surface area contributed by atoms with Crippen molar-refractivity contribution in [2.75, 3.05) is 0 Å². The van der Waals surface area contributed by atoms with Gasteiger partial charge in [0, 0.05) is 11.7 Å². The molecule has 1 heterocycles. The SMILES string of the molecule is CCCCCC[C@H](C)NC(=O)c1cc(CC)c(CC)[nH]c1=O. The summed E-state index contributed by atoms with van der Waals surface area (Å²) in [6.45, 7) is 8.22. The van der Waals surface area contributed by atoms with E-state index in [1.54, 1.807) is 6.07 Å². The van der Waals surface area contributed by atoms with Crippen LogP contribution < -0.4 is 10.9 Å². The maximum atomic E-state index is 12.3. The average Bonchev–Trinajstić information content (AvgIpc) is 2.51. The minimum absolute atomic E-state index is 0.0969. The molecule has 1 amide bonds. The van der Waals surface area contributed by atoms with E-state index in [0.717, 1.165) is 36.9 Å². The fraction of sp³-hybridized carbons (Fsp3) is 0.667. The molecule has 4 heteroatoms. The van der Waals surface area contributed by atoms with Gasteiger partial charge in [0.15, 0.2) is 0 Å². The highest BCUT2D eigenvalue weighted by atomic mass is 16.2. The summed E-state index contributed by atoms with van der Waals surface area (Å²) < 4.78 is 0. The topological polar surface area (TPSA) is 62.0 Å². The number of rotatable bonds is 9. The Morgan fingerprint density at radius 3 is 2.50 bits per heavy atom. The van der Waals surface area contributed by atoms with E-state index in [-0.39, 0.29) is 23.1 Å². The number of unbranched alkanes of at least 4 members (excludes halogenated alkanes) is 3. The number of carbonyl (C=O) groups is 1. The largest absolute Gasteiger partial charge is 0.349 e. The molecule has 0 bridgehead atoms. The lowest BCUT2D eigenvalue weighted by molar-refractivity contribution is 0.0936. The van der Waals surface area contributed by atoms with Gasteiger partial charge in [-0.1, -0.05) is 46.5 Å². The van der Waals surface area contributed by atoms with Gasteiger partial charge in [0.1, 0.15) is 5.56 Å². The number of H-pyrrole nitrogens is 1. The van der Waals surface area contributed by atoms with E-state index in [2.05, 4.69) is 17.2 Å². The monoisotopic (exact) mass is 306 g/mol. The minimum Gasteiger partial charge on any atom is -0.349 e. The predicted molar refractivity (Wildman–Crippen MR) is 91.5 cm³/mol. The van der Waals surface area contributed by atoms with Crippen LogP contribution in [0.15, 0.2) is 10.9 Å². The number of nitrogens with one attached hydrogen (secondary N) is 2. The van der Waals surface area contributed by atoms with Gasteiger partial charge in [-0.15, -0.1) is 0 Å². The average molecular weight is 306 g/mol. The maximum absolute atomic E-state index is 12.3. The van der Waals surface area contributed by atoms with Crippen molar-refractivity contribution in [1.29, 1.82) is 0 Å². The Kier molecular flexibility index (Phi) is 7.92. The van der Waals surface area contributed by atoms with Gasteiger partial charge in [0.2, 0.25) is 0 Å². The molecule has 0 spiro atoms. The second-order valence-electron chi connectivity index (χ2n) is 5.95. The summed E-state index contributed by atoms with van der Waals surface area (Å²) in [7, 11) is 0. The van der Waals surface area contributed by atoms with Crippen molar-refractivity contribution in [2.24, 2.45) is 0 Å². The molecular formula is C18H30N2O2. The molecule has 0 aromatic carbocycles. The molecule has 1 atom stereocenters. The normalized spacial score (nSPS) is 12.2. The molecule has 0 fully saturated rings. The van der Waals surface area contributed by atoms with Crippen molar-refractivity contribution in [3.8, 4) is 0 Å². The van der Waals surface area contributed by atoms with Crippen molar-refractivity contribution < 1.29 is 4.79 Å². The van der Waals surface area contributed by atoms with Crippen molar-refractivity contribution >= 4 is 5.91 Å². The van der Waals surface area contributed by atoms with Crippen LogP contribution in [0.3, 0.4) is 0 Å². The molecule has 0 radical (unpaired) electrons. The van der Waals surface area contributed by atoms with Gasteiger partial charge < -0.3 is 10.3 Å². The molecule has 124 valence electrons. The molecule has 0 unspecified atom stereocenters. The Bertz CT molecular complexity index is 534. The summed E-state index contributed by atoms with van der Waals surface area (Å²) in [6, 6.07) is 1.84. The Balaban J connectivity index is 2.71. The number of aromatic nitrogens is 1. The zero-order valence-corrected chi connectivity index (χ0v) is 14.4. The van der Waals surface area contributed by atoms with Crippen LogP contribution in [0, 0.1) is 0 Å². The van der Waals surface area contributed by atoms with Gasteiger partial charge in [-0.05, 0) is 37.8 Å². The fourth-order valence-electron chi connectivity index (χ4n) is 2.66. The molecule has 0 aliphatic rings. The van der Waals surface area contributed by atoms with E-state index in [0.29, 0.717) is 0 Å². The van der Waals surface area contributed by atoms with E-state index in [1.165, 1.54) is 19.3 Å². The highest BCUT2D eigenvalue weighted by molar-refractivity contribution is 5.94. The van der Waals surface area contributed by atoms with Gasteiger partial charge in [-0.2, -0.15) is 0 Å². The number of aromatic amines is 1. The third-order valence-electron chi connectivity index (χ3n) is 4.06. The van der Waals surface area contributed by atoms with Gasteiger partial charge in [0.25, 0.3) is 11.5 Å². The van der Waals surface area contributed by atoms with E-state index < -0.39 is 0 Å². The number of amides is 1. The van der Waals surface area contributed by atoms with Crippen LogP contribution in [-0.2, 0) is 12.8 Å². The van der Waals surface area contributed by atoms with E-state index >= 15 is 0 Å². The number of pyridine rings is 1. The summed E-state index contributed by atoms with van der Waals surface area (Å²) in [5, 5.41) is 2.94. The summed E-state index contributed by atoms with van der Waals surface area (Å²) in [4.78, 5) is 27.2. The molecule has 0 saturated heterocycles.